The third kappa shape index (κ3) is 5.15. The molecule has 0 aliphatic heterocycles. The molecule has 266 valence electrons. The fourth-order valence-electron chi connectivity index (χ4n) is 8.20. The quantitative estimate of drug-likeness (QED) is 0.175. The van der Waals surface area contributed by atoms with Gasteiger partial charge in [-0.1, -0.05) is 115 Å². The maximum atomic E-state index is 6.52. The summed E-state index contributed by atoms with van der Waals surface area (Å²) in [5.74, 6) is 1.64. The van der Waals surface area contributed by atoms with Crippen molar-refractivity contribution in [3.05, 3.63) is 176 Å². The van der Waals surface area contributed by atoms with Crippen molar-refractivity contribution >= 4 is 65.8 Å². The summed E-state index contributed by atoms with van der Waals surface area (Å²) in [6.45, 7) is 0. The molecule has 0 saturated heterocycles. The zero-order valence-electron chi connectivity index (χ0n) is 30.3. The zero-order valence-corrected chi connectivity index (χ0v) is 30.3. The van der Waals surface area contributed by atoms with Crippen molar-refractivity contribution in [1.29, 1.82) is 0 Å². The van der Waals surface area contributed by atoms with Crippen LogP contribution in [0, 0.1) is 0 Å². The fourth-order valence-corrected chi connectivity index (χ4v) is 8.20. The van der Waals surface area contributed by atoms with Crippen molar-refractivity contribution in [3.63, 3.8) is 0 Å². The number of hydrogen-bond donors (Lipinski definition) is 0. The molecule has 6 heteroatoms. The second-order valence-electron chi connectivity index (χ2n) is 14.4. The standard InChI is InChI=1S/C51H29N3O3/c1-2-10-30(11-3-1)31-20-23-39-40-25-22-35(29-47(40)57-45(39)27-31)51-53-49(52-50(54-51)34-21-24-38-37-14-4-6-17-42(37)56-46(38)28-34)33-13-8-12-32(26-33)36-16-9-19-44-48(36)41-15-5-7-18-43(41)55-44/h1-29H. The number of para-hydroxylation sites is 2. The van der Waals surface area contributed by atoms with Gasteiger partial charge >= 0.3 is 0 Å². The summed E-state index contributed by atoms with van der Waals surface area (Å²) in [4.78, 5) is 15.4. The largest absolute Gasteiger partial charge is 0.456 e. The maximum absolute atomic E-state index is 6.52. The first kappa shape index (κ1) is 31.5. The van der Waals surface area contributed by atoms with Gasteiger partial charge < -0.3 is 13.3 Å². The Morgan fingerprint density at radius 2 is 0.702 bits per heavy atom. The first-order valence-electron chi connectivity index (χ1n) is 18.9. The van der Waals surface area contributed by atoms with Gasteiger partial charge in [-0.3, -0.25) is 0 Å². The van der Waals surface area contributed by atoms with Crippen LogP contribution in [0.4, 0.5) is 0 Å². The number of benzene rings is 8. The fraction of sp³-hybridized carbons (Fsp3) is 0. The summed E-state index contributed by atoms with van der Waals surface area (Å²) in [7, 11) is 0. The highest BCUT2D eigenvalue weighted by atomic mass is 16.3. The molecule has 0 saturated carbocycles. The second kappa shape index (κ2) is 12.3. The van der Waals surface area contributed by atoms with Crippen LogP contribution in [0.15, 0.2) is 189 Å². The molecule has 0 fully saturated rings. The molecule has 0 amide bonds. The Bertz CT molecular complexity index is 3540. The highest BCUT2D eigenvalue weighted by Gasteiger charge is 2.18. The molecule has 0 unspecified atom stereocenters. The Hall–Kier alpha value is -7.83. The molecule has 0 aliphatic carbocycles. The molecule has 4 heterocycles. The number of hydrogen-bond acceptors (Lipinski definition) is 6. The Labute approximate surface area is 325 Å². The van der Waals surface area contributed by atoms with Gasteiger partial charge in [0.1, 0.15) is 33.5 Å². The van der Waals surface area contributed by atoms with Crippen molar-refractivity contribution in [2.45, 2.75) is 0 Å². The minimum Gasteiger partial charge on any atom is -0.456 e. The van der Waals surface area contributed by atoms with E-state index in [-0.39, 0.29) is 0 Å². The van der Waals surface area contributed by atoms with E-state index in [9.17, 15) is 0 Å². The molecule has 57 heavy (non-hydrogen) atoms. The van der Waals surface area contributed by atoms with Crippen LogP contribution in [0.5, 0.6) is 0 Å². The van der Waals surface area contributed by atoms with Gasteiger partial charge in [0.2, 0.25) is 0 Å². The Balaban J connectivity index is 1.02. The van der Waals surface area contributed by atoms with Crippen LogP contribution in [-0.2, 0) is 0 Å². The lowest BCUT2D eigenvalue weighted by Gasteiger charge is -2.10. The molecular formula is C51H29N3O3. The molecule has 0 radical (unpaired) electrons. The molecule has 8 aromatic carbocycles. The Kier molecular flexibility index (Phi) is 6.83. The van der Waals surface area contributed by atoms with E-state index in [4.69, 9.17) is 28.2 Å². The van der Waals surface area contributed by atoms with Gasteiger partial charge in [0.25, 0.3) is 0 Å². The van der Waals surface area contributed by atoms with Crippen LogP contribution in [0.1, 0.15) is 0 Å². The minimum absolute atomic E-state index is 0.542. The molecular weight excluding hydrogens is 703 g/mol. The van der Waals surface area contributed by atoms with E-state index in [1.807, 2.05) is 78.9 Å². The van der Waals surface area contributed by atoms with Crippen LogP contribution >= 0.6 is 0 Å². The average Bonchev–Trinajstić information content (AvgIpc) is 3.97. The number of furan rings is 3. The second-order valence-corrected chi connectivity index (χ2v) is 14.4. The molecule has 0 N–H and O–H groups in total. The van der Waals surface area contributed by atoms with Crippen LogP contribution in [0.2, 0.25) is 0 Å². The topological polar surface area (TPSA) is 78.1 Å². The number of aromatic nitrogens is 3. The Morgan fingerprint density at radius 3 is 1.39 bits per heavy atom. The lowest BCUT2D eigenvalue weighted by molar-refractivity contribution is 0.668. The smallest absolute Gasteiger partial charge is 0.164 e. The molecule has 6 nitrogen and oxygen atoms in total. The number of fused-ring (bicyclic) bond motifs is 9. The van der Waals surface area contributed by atoms with Gasteiger partial charge in [0.15, 0.2) is 17.5 Å². The number of nitrogens with zero attached hydrogens (tertiary/aromatic N) is 3. The highest BCUT2D eigenvalue weighted by molar-refractivity contribution is 6.12. The molecule has 0 aliphatic rings. The van der Waals surface area contributed by atoms with Crippen LogP contribution in [0.3, 0.4) is 0 Å². The maximum Gasteiger partial charge on any atom is 0.164 e. The van der Waals surface area contributed by atoms with Gasteiger partial charge in [-0.15, -0.1) is 0 Å². The van der Waals surface area contributed by atoms with Crippen LogP contribution in [-0.4, -0.2) is 15.0 Å². The highest BCUT2D eigenvalue weighted by Crippen LogP contribution is 2.39. The third-order valence-corrected chi connectivity index (χ3v) is 10.9. The van der Waals surface area contributed by atoms with Gasteiger partial charge in [-0.25, -0.2) is 15.0 Å². The van der Waals surface area contributed by atoms with Crippen molar-refractivity contribution < 1.29 is 13.3 Å². The van der Waals surface area contributed by atoms with Crippen molar-refractivity contribution in [3.8, 4) is 56.4 Å². The van der Waals surface area contributed by atoms with Crippen LogP contribution < -0.4 is 0 Å². The molecule has 0 spiro atoms. The monoisotopic (exact) mass is 731 g/mol. The van der Waals surface area contributed by atoms with Gasteiger partial charge in [0, 0.05) is 49.0 Å². The third-order valence-electron chi connectivity index (χ3n) is 10.9. The predicted molar refractivity (Wildman–Crippen MR) is 229 cm³/mol. The summed E-state index contributed by atoms with van der Waals surface area (Å²) in [5, 5.41) is 6.37. The predicted octanol–water partition coefficient (Wildman–Crippen LogP) is 13.9. The molecule has 0 atom stereocenters. The molecule has 4 aromatic heterocycles. The summed E-state index contributed by atoms with van der Waals surface area (Å²) >= 11 is 0. The van der Waals surface area contributed by atoms with E-state index < -0.39 is 0 Å². The lowest BCUT2D eigenvalue weighted by Crippen LogP contribution is -2.00. The summed E-state index contributed by atoms with van der Waals surface area (Å²) in [6.07, 6.45) is 0. The lowest BCUT2D eigenvalue weighted by atomic mass is 9.98. The Morgan fingerprint density at radius 1 is 0.263 bits per heavy atom. The van der Waals surface area contributed by atoms with E-state index in [0.717, 1.165) is 105 Å². The van der Waals surface area contributed by atoms with E-state index in [1.165, 1.54) is 0 Å². The van der Waals surface area contributed by atoms with Crippen molar-refractivity contribution in [2.24, 2.45) is 0 Å². The minimum atomic E-state index is 0.542. The first-order chi connectivity index (χ1) is 28.2. The molecule has 12 aromatic rings. The van der Waals surface area contributed by atoms with Crippen molar-refractivity contribution in [2.75, 3.05) is 0 Å². The first-order valence-corrected chi connectivity index (χ1v) is 18.9. The molecule has 0 bridgehead atoms. The van der Waals surface area contributed by atoms with E-state index in [1.54, 1.807) is 0 Å². The average molecular weight is 732 g/mol. The normalized spacial score (nSPS) is 11.9. The van der Waals surface area contributed by atoms with Crippen molar-refractivity contribution in [1.82, 2.24) is 15.0 Å². The summed E-state index contributed by atoms with van der Waals surface area (Å²) in [5.41, 5.74) is 11.8. The SMILES string of the molecule is c1ccc(-c2ccc3c(c2)oc2cc(-c4nc(-c5cccc(-c6cccc7oc8ccccc8c67)c5)nc(-c5ccc6c(c5)oc5ccccc56)n4)ccc23)cc1. The van der Waals surface area contributed by atoms with E-state index in [2.05, 4.69) is 97.1 Å². The van der Waals surface area contributed by atoms with Gasteiger partial charge in [-0.05, 0) is 82.9 Å². The zero-order chi connectivity index (χ0) is 37.5. The molecule has 12 rings (SSSR count). The van der Waals surface area contributed by atoms with E-state index >= 15 is 0 Å². The summed E-state index contributed by atoms with van der Waals surface area (Å²) in [6, 6.07) is 59.9. The van der Waals surface area contributed by atoms with Crippen LogP contribution in [0.25, 0.3) is 122 Å². The summed E-state index contributed by atoms with van der Waals surface area (Å²) < 4.78 is 19.0. The number of rotatable bonds is 5. The van der Waals surface area contributed by atoms with E-state index in [0.29, 0.717) is 17.5 Å². The van der Waals surface area contributed by atoms with Gasteiger partial charge in [0.05, 0.1) is 0 Å². The van der Waals surface area contributed by atoms with Gasteiger partial charge in [-0.2, -0.15) is 0 Å².